The van der Waals surface area contributed by atoms with Gasteiger partial charge in [0.15, 0.2) is 5.84 Å². The van der Waals surface area contributed by atoms with E-state index in [0.29, 0.717) is 5.84 Å². The molecule has 4 N–H and O–H groups in total. The lowest BCUT2D eigenvalue weighted by atomic mass is 10.1. The van der Waals surface area contributed by atoms with Gasteiger partial charge in [0.1, 0.15) is 6.34 Å². The van der Waals surface area contributed by atoms with E-state index in [1.807, 2.05) is 31.2 Å². The number of hydrogen-bond donors (Lipinski definition) is 2. The summed E-state index contributed by atoms with van der Waals surface area (Å²) >= 11 is 0. The molecule has 4 nitrogen and oxygen atoms in total. The van der Waals surface area contributed by atoms with E-state index in [1.54, 1.807) is 0 Å². The van der Waals surface area contributed by atoms with Crippen molar-refractivity contribution >= 4 is 12.2 Å². The highest BCUT2D eigenvalue weighted by Crippen LogP contribution is 2.03. The average Bonchev–Trinajstić information content (AvgIpc) is 2.14. The molecule has 0 saturated heterocycles. The van der Waals surface area contributed by atoms with Crippen LogP contribution in [0.2, 0.25) is 0 Å². The zero-order chi connectivity index (χ0) is 9.68. The van der Waals surface area contributed by atoms with Gasteiger partial charge in [0.2, 0.25) is 0 Å². The van der Waals surface area contributed by atoms with Gasteiger partial charge in [0, 0.05) is 5.56 Å². The van der Waals surface area contributed by atoms with E-state index in [1.165, 1.54) is 0 Å². The molecule has 0 bridgehead atoms. The average molecular weight is 176 g/mol. The van der Waals surface area contributed by atoms with Crippen molar-refractivity contribution in [1.82, 2.24) is 0 Å². The largest absolute Gasteiger partial charge is 0.388 e. The molecule has 4 heteroatoms. The van der Waals surface area contributed by atoms with Crippen LogP contribution >= 0.6 is 0 Å². The summed E-state index contributed by atoms with van der Waals surface area (Å²) < 4.78 is 0. The predicted molar refractivity (Wildman–Crippen MR) is 54.6 cm³/mol. The molecule has 0 aliphatic rings. The lowest BCUT2D eigenvalue weighted by Crippen LogP contribution is -2.12. The van der Waals surface area contributed by atoms with Crippen LogP contribution in [0.5, 0.6) is 0 Å². The van der Waals surface area contributed by atoms with Crippen LogP contribution in [-0.4, -0.2) is 12.2 Å². The van der Waals surface area contributed by atoms with Crippen molar-refractivity contribution in [3.05, 3.63) is 35.4 Å². The highest BCUT2D eigenvalue weighted by molar-refractivity contribution is 5.97. The Morgan fingerprint density at radius 1 is 1.46 bits per heavy atom. The maximum atomic E-state index is 5.63. The van der Waals surface area contributed by atoms with Crippen LogP contribution < -0.4 is 11.5 Å². The van der Waals surface area contributed by atoms with Crippen molar-refractivity contribution in [1.29, 1.82) is 0 Å². The van der Waals surface area contributed by atoms with Crippen molar-refractivity contribution in [3.8, 4) is 0 Å². The molecule has 0 saturated carbocycles. The van der Waals surface area contributed by atoms with Crippen LogP contribution in [0.15, 0.2) is 34.5 Å². The van der Waals surface area contributed by atoms with Crippen molar-refractivity contribution in [2.75, 3.05) is 0 Å². The Morgan fingerprint density at radius 3 is 2.85 bits per heavy atom. The number of aryl methyl sites for hydroxylation is 1. The Hall–Kier alpha value is -1.84. The second kappa shape index (κ2) is 4.25. The zero-order valence-corrected chi connectivity index (χ0v) is 7.44. The molecule has 1 aromatic carbocycles. The number of nitrogens with two attached hydrogens (primary N) is 2. The van der Waals surface area contributed by atoms with Crippen LogP contribution in [0, 0.1) is 6.92 Å². The lowest BCUT2D eigenvalue weighted by molar-refractivity contribution is 1.22. The molecule has 0 aromatic heterocycles. The molecule has 1 rings (SSSR count). The van der Waals surface area contributed by atoms with Crippen LogP contribution in [0.1, 0.15) is 11.1 Å². The monoisotopic (exact) mass is 176 g/mol. The summed E-state index contributed by atoms with van der Waals surface area (Å²) in [6.45, 7) is 1.99. The molecule has 68 valence electrons. The van der Waals surface area contributed by atoms with Crippen LogP contribution in [0.25, 0.3) is 0 Å². The molecule has 0 atom stereocenters. The number of amidine groups is 1. The van der Waals surface area contributed by atoms with Crippen molar-refractivity contribution < 1.29 is 0 Å². The molecule has 0 fully saturated rings. The third-order valence-electron chi connectivity index (χ3n) is 1.55. The van der Waals surface area contributed by atoms with Gasteiger partial charge in [-0.05, 0) is 13.0 Å². The fraction of sp³-hybridized carbons (Fsp3) is 0.111. The fourth-order valence-electron chi connectivity index (χ4n) is 0.958. The summed E-state index contributed by atoms with van der Waals surface area (Å²) in [6.07, 6.45) is 1.10. The van der Waals surface area contributed by atoms with E-state index < -0.39 is 0 Å². The summed E-state index contributed by atoms with van der Waals surface area (Å²) in [4.78, 5) is 0. The van der Waals surface area contributed by atoms with E-state index in [2.05, 4.69) is 10.2 Å². The maximum absolute atomic E-state index is 5.63. The van der Waals surface area contributed by atoms with E-state index >= 15 is 0 Å². The maximum Gasteiger partial charge on any atom is 0.153 e. The first kappa shape index (κ1) is 9.25. The quantitative estimate of drug-likeness (QED) is 0.393. The van der Waals surface area contributed by atoms with Crippen molar-refractivity contribution in [2.45, 2.75) is 6.92 Å². The topological polar surface area (TPSA) is 76.8 Å². The Morgan fingerprint density at radius 2 is 2.23 bits per heavy atom. The number of rotatable bonds is 2. The number of hydrogen-bond acceptors (Lipinski definition) is 2. The molecule has 0 spiro atoms. The Labute approximate surface area is 77.0 Å². The lowest BCUT2D eigenvalue weighted by Gasteiger charge is -1.98. The van der Waals surface area contributed by atoms with Gasteiger partial charge in [-0.25, -0.2) is 0 Å². The Bertz CT molecular complexity index is 341. The SMILES string of the molecule is Cc1cccc(/C(N)=N/N=C\N)c1. The Kier molecular flexibility index (Phi) is 3.03. The minimum atomic E-state index is 0.366. The summed E-state index contributed by atoms with van der Waals surface area (Å²) in [6, 6.07) is 7.71. The second-order valence-corrected chi connectivity index (χ2v) is 2.62. The Balaban J connectivity index is 2.94. The summed E-state index contributed by atoms with van der Waals surface area (Å²) in [5, 5.41) is 7.19. The number of benzene rings is 1. The molecule has 0 heterocycles. The van der Waals surface area contributed by atoms with Crippen LogP contribution in [-0.2, 0) is 0 Å². The summed E-state index contributed by atoms with van der Waals surface area (Å²) in [7, 11) is 0. The smallest absolute Gasteiger partial charge is 0.153 e. The molecular weight excluding hydrogens is 164 g/mol. The van der Waals surface area contributed by atoms with Gasteiger partial charge in [0.05, 0.1) is 0 Å². The van der Waals surface area contributed by atoms with Crippen molar-refractivity contribution in [3.63, 3.8) is 0 Å². The molecule has 0 aliphatic heterocycles. The van der Waals surface area contributed by atoms with Gasteiger partial charge >= 0.3 is 0 Å². The minimum absolute atomic E-state index is 0.366. The first-order valence-corrected chi connectivity index (χ1v) is 3.88. The molecule has 0 radical (unpaired) electrons. The molecule has 0 unspecified atom stereocenters. The third-order valence-corrected chi connectivity index (χ3v) is 1.55. The molecule has 0 amide bonds. The third kappa shape index (κ3) is 2.59. The second-order valence-electron chi connectivity index (χ2n) is 2.62. The van der Waals surface area contributed by atoms with Gasteiger partial charge in [-0.2, -0.15) is 0 Å². The van der Waals surface area contributed by atoms with Gasteiger partial charge in [-0.1, -0.05) is 23.8 Å². The standard InChI is InChI=1S/C9H12N4/c1-7-3-2-4-8(5-7)9(11)13-12-6-10/h2-6H,1H3,(H2,10,12)(H2,11,13). The van der Waals surface area contributed by atoms with Crippen LogP contribution in [0.3, 0.4) is 0 Å². The zero-order valence-electron chi connectivity index (χ0n) is 7.44. The van der Waals surface area contributed by atoms with Crippen molar-refractivity contribution in [2.24, 2.45) is 21.7 Å². The first-order chi connectivity index (χ1) is 6.24. The van der Waals surface area contributed by atoms with E-state index in [-0.39, 0.29) is 0 Å². The van der Waals surface area contributed by atoms with Gasteiger partial charge in [-0.3, -0.25) is 0 Å². The highest BCUT2D eigenvalue weighted by Gasteiger charge is 1.96. The molecule has 13 heavy (non-hydrogen) atoms. The molecular formula is C9H12N4. The van der Waals surface area contributed by atoms with Crippen LogP contribution in [0.4, 0.5) is 0 Å². The normalized spacial score (nSPS) is 12.2. The fourth-order valence-corrected chi connectivity index (χ4v) is 0.958. The van der Waals surface area contributed by atoms with Gasteiger partial charge in [-0.15, -0.1) is 10.2 Å². The minimum Gasteiger partial charge on any atom is -0.388 e. The first-order valence-electron chi connectivity index (χ1n) is 3.88. The van der Waals surface area contributed by atoms with Gasteiger partial charge in [0.25, 0.3) is 0 Å². The highest BCUT2D eigenvalue weighted by atomic mass is 15.2. The van der Waals surface area contributed by atoms with E-state index in [0.717, 1.165) is 17.5 Å². The van der Waals surface area contributed by atoms with Gasteiger partial charge < -0.3 is 11.5 Å². The number of nitrogens with zero attached hydrogens (tertiary/aromatic N) is 2. The van der Waals surface area contributed by atoms with E-state index in [4.69, 9.17) is 11.5 Å². The molecule has 1 aromatic rings. The van der Waals surface area contributed by atoms with E-state index in [9.17, 15) is 0 Å². The summed E-state index contributed by atoms with van der Waals surface area (Å²) in [5.74, 6) is 0.366. The molecule has 0 aliphatic carbocycles. The predicted octanol–water partition coefficient (Wildman–Crippen LogP) is 0.602. The summed E-state index contributed by atoms with van der Waals surface area (Å²) in [5.41, 5.74) is 12.6.